The molecule has 1 aliphatic heterocycles. The molecule has 3 aromatic carbocycles. The van der Waals surface area contributed by atoms with Crippen LogP contribution in [0.4, 0.5) is 0 Å². The molecule has 2 N–H and O–H groups in total. The standard InChI is InChI=1S/C33H34N2O6/c1-5-41-33(38)30-29(20(2)35-15-14-22-17-27(39-3)28(40-4)18-25(22)31(30)35)23-12-9-13-24(16-23)32(37)34-26(19-36)21-10-7-6-8-11-21/h6-13,16-18,26,36H,5,14-15,19H2,1-4H3,(H,34,37)/t26-/m0/s1. The van der Waals surface area contributed by atoms with Crippen LogP contribution in [-0.4, -0.2) is 49.0 Å². The number of benzene rings is 3. The summed E-state index contributed by atoms with van der Waals surface area (Å²) in [6.07, 6.45) is 0.754. The van der Waals surface area contributed by atoms with Crippen molar-refractivity contribution in [2.75, 3.05) is 27.4 Å². The molecule has 0 fully saturated rings. The van der Waals surface area contributed by atoms with E-state index in [2.05, 4.69) is 9.88 Å². The van der Waals surface area contributed by atoms with Crippen molar-refractivity contribution < 1.29 is 28.9 Å². The normalized spacial score (nSPS) is 12.6. The van der Waals surface area contributed by atoms with Crippen LogP contribution < -0.4 is 14.8 Å². The minimum Gasteiger partial charge on any atom is -0.493 e. The van der Waals surface area contributed by atoms with E-state index >= 15 is 0 Å². The van der Waals surface area contributed by atoms with Crippen LogP contribution in [0.5, 0.6) is 11.5 Å². The van der Waals surface area contributed by atoms with Crippen LogP contribution in [0.15, 0.2) is 66.7 Å². The van der Waals surface area contributed by atoms with E-state index in [9.17, 15) is 14.7 Å². The number of esters is 1. The van der Waals surface area contributed by atoms with Crippen molar-refractivity contribution in [1.82, 2.24) is 9.88 Å². The van der Waals surface area contributed by atoms with E-state index in [1.165, 1.54) is 0 Å². The molecule has 8 heteroatoms. The number of hydrogen-bond acceptors (Lipinski definition) is 6. The largest absolute Gasteiger partial charge is 0.493 e. The second-order valence-corrected chi connectivity index (χ2v) is 9.87. The highest BCUT2D eigenvalue weighted by molar-refractivity contribution is 6.06. The summed E-state index contributed by atoms with van der Waals surface area (Å²) in [6.45, 7) is 4.43. The molecule has 0 spiro atoms. The molecule has 1 aliphatic rings. The topological polar surface area (TPSA) is 99.0 Å². The summed E-state index contributed by atoms with van der Waals surface area (Å²) in [5, 5.41) is 12.9. The van der Waals surface area contributed by atoms with Crippen LogP contribution in [0.2, 0.25) is 0 Å². The molecule has 0 unspecified atom stereocenters. The van der Waals surface area contributed by atoms with Crippen molar-refractivity contribution in [3.8, 4) is 33.9 Å². The second kappa shape index (κ2) is 11.9. The van der Waals surface area contributed by atoms with Crippen LogP contribution >= 0.6 is 0 Å². The van der Waals surface area contributed by atoms with Crippen LogP contribution in [0.3, 0.4) is 0 Å². The molecule has 2 heterocycles. The van der Waals surface area contributed by atoms with Gasteiger partial charge in [0.25, 0.3) is 5.91 Å². The number of carbonyl (C=O) groups is 2. The van der Waals surface area contributed by atoms with Crippen molar-refractivity contribution in [2.45, 2.75) is 32.9 Å². The number of hydrogen-bond donors (Lipinski definition) is 2. The van der Waals surface area contributed by atoms with Crippen molar-refractivity contribution >= 4 is 11.9 Å². The minimum absolute atomic E-state index is 0.227. The maximum Gasteiger partial charge on any atom is 0.340 e. The van der Waals surface area contributed by atoms with Gasteiger partial charge in [0.2, 0.25) is 0 Å². The lowest BCUT2D eigenvalue weighted by atomic mass is 9.93. The van der Waals surface area contributed by atoms with E-state index in [0.717, 1.165) is 45.6 Å². The third-order valence-corrected chi connectivity index (χ3v) is 7.58. The second-order valence-electron chi connectivity index (χ2n) is 9.87. The summed E-state index contributed by atoms with van der Waals surface area (Å²) in [5.41, 5.74) is 6.72. The zero-order chi connectivity index (χ0) is 29.1. The molecule has 4 aromatic rings. The first-order valence-electron chi connectivity index (χ1n) is 13.6. The molecule has 41 heavy (non-hydrogen) atoms. The molecular formula is C33H34N2O6. The Morgan fingerprint density at radius 1 is 1.00 bits per heavy atom. The zero-order valence-corrected chi connectivity index (χ0v) is 23.7. The van der Waals surface area contributed by atoms with Crippen molar-refractivity contribution in [3.05, 3.63) is 94.7 Å². The third-order valence-electron chi connectivity index (χ3n) is 7.58. The van der Waals surface area contributed by atoms with E-state index in [1.54, 1.807) is 39.3 Å². The molecule has 0 radical (unpaired) electrons. The first-order valence-corrected chi connectivity index (χ1v) is 13.6. The molecule has 1 atom stereocenters. The smallest absolute Gasteiger partial charge is 0.340 e. The first kappa shape index (κ1) is 28.0. The lowest BCUT2D eigenvalue weighted by molar-refractivity contribution is 0.0528. The highest BCUT2D eigenvalue weighted by Gasteiger charge is 2.32. The minimum atomic E-state index is -0.547. The molecule has 1 amide bonds. The number of ether oxygens (including phenoxy) is 3. The van der Waals surface area contributed by atoms with Gasteiger partial charge < -0.3 is 29.2 Å². The van der Waals surface area contributed by atoms with Gasteiger partial charge in [-0.05, 0) is 61.2 Å². The van der Waals surface area contributed by atoms with Gasteiger partial charge in [0.1, 0.15) is 0 Å². The van der Waals surface area contributed by atoms with E-state index in [1.807, 2.05) is 55.5 Å². The number of amides is 1. The fraction of sp³-hybridized carbons (Fsp3) is 0.273. The monoisotopic (exact) mass is 554 g/mol. The zero-order valence-electron chi connectivity index (χ0n) is 23.7. The summed E-state index contributed by atoms with van der Waals surface area (Å²) in [5.74, 6) is 0.458. The van der Waals surface area contributed by atoms with Crippen LogP contribution in [-0.2, 0) is 17.7 Å². The Kier molecular flexibility index (Phi) is 8.12. The Morgan fingerprint density at radius 3 is 2.41 bits per heavy atom. The van der Waals surface area contributed by atoms with Gasteiger partial charge >= 0.3 is 5.97 Å². The predicted octanol–water partition coefficient (Wildman–Crippen LogP) is 5.34. The summed E-state index contributed by atoms with van der Waals surface area (Å²) < 4.78 is 18.8. The third kappa shape index (κ3) is 5.18. The van der Waals surface area contributed by atoms with E-state index < -0.39 is 12.0 Å². The Balaban J connectivity index is 1.61. The van der Waals surface area contributed by atoms with Gasteiger partial charge in [-0.3, -0.25) is 4.79 Å². The molecule has 212 valence electrons. The maximum absolute atomic E-state index is 13.6. The molecule has 8 nitrogen and oxygen atoms in total. The molecule has 0 saturated heterocycles. The van der Waals surface area contributed by atoms with Gasteiger partial charge in [0, 0.05) is 28.9 Å². The molecule has 0 bridgehead atoms. The molecular weight excluding hydrogens is 520 g/mol. The number of carbonyl (C=O) groups excluding carboxylic acids is 2. The highest BCUT2D eigenvalue weighted by atomic mass is 16.5. The quantitative estimate of drug-likeness (QED) is 0.271. The number of aromatic nitrogens is 1. The number of nitrogens with one attached hydrogen (secondary N) is 1. The molecule has 1 aromatic heterocycles. The van der Waals surface area contributed by atoms with Crippen molar-refractivity contribution in [1.29, 1.82) is 0 Å². The summed E-state index contributed by atoms with van der Waals surface area (Å²) in [6, 6.07) is 19.9. The number of methoxy groups -OCH3 is 2. The van der Waals surface area contributed by atoms with Gasteiger partial charge in [0.15, 0.2) is 11.5 Å². The van der Waals surface area contributed by atoms with Crippen molar-refractivity contribution in [3.63, 3.8) is 0 Å². The average molecular weight is 555 g/mol. The Labute approximate surface area is 239 Å². The van der Waals surface area contributed by atoms with Gasteiger partial charge in [-0.15, -0.1) is 0 Å². The SMILES string of the molecule is CCOC(=O)c1c(-c2cccc(C(=O)N[C@@H](CO)c3ccccc3)c2)c(C)n2c1-c1cc(OC)c(OC)cc1CC2. The Morgan fingerprint density at radius 2 is 1.73 bits per heavy atom. The van der Waals surface area contributed by atoms with Crippen molar-refractivity contribution in [2.24, 2.45) is 0 Å². The fourth-order valence-corrected chi connectivity index (χ4v) is 5.61. The van der Waals surface area contributed by atoms with E-state index in [-0.39, 0.29) is 19.1 Å². The predicted molar refractivity (Wildman–Crippen MR) is 157 cm³/mol. The summed E-state index contributed by atoms with van der Waals surface area (Å²) in [7, 11) is 3.19. The highest BCUT2D eigenvalue weighted by Crippen LogP contribution is 2.45. The summed E-state index contributed by atoms with van der Waals surface area (Å²) in [4.78, 5) is 26.9. The van der Waals surface area contributed by atoms with Crippen LogP contribution in [0.1, 0.15) is 50.5 Å². The summed E-state index contributed by atoms with van der Waals surface area (Å²) >= 11 is 0. The van der Waals surface area contributed by atoms with E-state index in [4.69, 9.17) is 14.2 Å². The number of rotatable bonds is 9. The molecule has 0 aliphatic carbocycles. The van der Waals surface area contributed by atoms with Gasteiger partial charge in [0.05, 0.1) is 44.7 Å². The van der Waals surface area contributed by atoms with E-state index in [0.29, 0.717) is 29.2 Å². The number of fused-ring (bicyclic) bond motifs is 3. The molecule has 0 saturated carbocycles. The average Bonchev–Trinajstić information content (AvgIpc) is 3.32. The number of aryl methyl sites for hydroxylation is 1. The van der Waals surface area contributed by atoms with Crippen LogP contribution in [0.25, 0.3) is 22.4 Å². The lowest BCUT2D eigenvalue weighted by Crippen LogP contribution is -2.30. The molecule has 5 rings (SSSR count). The number of aliphatic hydroxyl groups excluding tert-OH is 1. The maximum atomic E-state index is 13.6. The Hall–Kier alpha value is -4.56. The van der Waals surface area contributed by atoms with Gasteiger partial charge in [-0.25, -0.2) is 4.79 Å². The number of aliphatic hydroxyl groups is 1. The fourth-order valence-electron chi connectivity index (χ4n) is 5.61. The van der Waals surface area contributed by atoms with Crippen LogP contribution in [0, 0.1) is 6.92 Å². The lowest BCUT2D eigenvalue weighted by Gasteiger charge is -2.23. The van der Waals surface area contributed by atoms with Gasteiger partial charge in [-0.2, -0.15) is 0 Å². The Bertz CT molecular complexity index is 1590. The number of nitrogens with zero attached hydrogens (tertiary/aromatic N) is 1. The first-order chi connectivity index (χ1) is 19.9. The van der Waals surface area contributed by atoms with Gasteiger partial charge in [-0.1, -0.05) is 42.5 Å².